The van der Waals surface area contributed by atoms with E-state index in [4.69, 9.17) is 4.74 Å². The molecule has 0 aliphatic carbocycles. The Morgan fingerprint density at radius 3 is 2.17 bits per heavy atom. The number of rotatable bonds is 7. The number of hydrogen-bond acceptors (Lipinski definition) is 8. The maximum absolute atomic E-state index is 14.0. The van der Waals surface area contributed by atoms with Gasteiger partial charge in [0.25, 0.3) is 0 Å². The van der Waals surface area contributed by atoms with Crippen LogP contribution >= 0.6 is 11.3 Å². The van der Waals surface area contributed by atoms with Crippen molar-refractivity contribution in [2.45, 2.75) is 104 Å². The van der Waals surface area contributed by atoms with E-state index >= 15 is 0 Å². The van der Waals surface area contributed by atoms with Crippen LogP contribution in [0.15, 0.2) is 29.8 Å². The number of likely N-dealkylation sites (tertiary alicyclic amines) is 2. The van der Waals surface area contributed by atoms with Gasteiger partial charge in [0.15, 0.2) is 0 Å². The molecule has 46 heavy (non-hydrogen) atoms. The van der Waals surface area contributed by atoms with Crippen LogP contribution < -0.4 is 10.6 Å². The molecule has 3 N–H and O–H groups in total. The Bertz CT molecular complexity index is 1400. The smallest absolute Gasteiger partial charge is 0.410 e. The third-order valence-electron chi connectivity index (χ3n) is 8.56. The fraction of sp³-hybridized carbons (Fsp3) is 0.618. The lowest BCUT2D eigenvalue weighted by Gasteiger charge is -2.37. The van der Waals surface area contributed by atoms with Crippen LogP contribution in [0.2, 0.25) is 0 Å². The average molecular weight is 656 g/mol. The summed E-state index contributed by atoms with van der Waals surface area (Å²) in [5.74, 6) is -1.38. The minimum atomic E-state index is -0.912. The highest BCUT2D eigenvalue weighted by atomic mass is 32.1. The number of nitrogens with one attached hydrogen (secondary N) is 2. The summed E-state index contributed by atoms with van der Waals surface area (Å²) in [7, 11) is 0. The fourth-order valence-electron chi connectivity index (χ4n) is 5.93. The zero-order chi connectivity index (χ0) is 34.0. The van der Waals surface area contributed by atoms with Crippen LogP contribution in [-0.2, 0) is 19.1 Å². The van der Waals surface area contributed by atoms with Gasteiger partial charge >= 0.3 is 6.09 Å². The molecule has 4 amide bonds. The summed E-state index contributed by atoms with van der Waals surface area (Å²) in [4.78, 5) is 61.9. The number of piperidine rings is 1. The molecule has 0 saturated carbocycles. The van der Waals surface area contributed by atoms with Gasteiger partial charge in [-0.3, -0.25) is 14.4 Å². The minimum absolute atomic E-state index is 0.00489. The lowest BCUT2D eigenvalue weighted by atomic mass is 9.84. The average Bonchev–Trinajstić information content (AvgIpc) is 3.59. The first-order chi connectivity index (χ1) is 21.4. The molecule has 0 unspecified atom stereocenters. The predicted octanol–water partition coefficient (Wildman–Crippen LogP) is 4.44. The maximum atomic E-state index is 14.0. The standard InChI is InChI=1S/C34H49N5O6S/c1-20(22-9-11-23(12-10-22)27-21(2)35-19-46-27)36-30(42)26-17-25(40)18-39(26)31(43)28(33(3,4)5)37-29(41)24-13-15-38(16-14-24)32(44)45-34(6,7)8/h9-12,19-20,24-26,28,40H,13-18H2,1-8H3,(H,36,42)(H,37,41)/t20-,25+,26-,28-/m0/s1. The Balaban J connectivity index is 1.39. The Morgan fingerprint density at radius 1 is 1.00 bits per heavy atom. The highest BCUT2D eigenvalue weighted by Gasteiger charge is 2.45. The summed E-state index contributed by atoms with van der Waals surface area (Å²) in [5.41, 5.74) is 3.49. The van der Waals surface area contributed by atoms with Crippen molar-refractivity contribution in [2.75, 3.05) is 19.6 Å². The number of carbonyl (C=O) groups excluding carboxylic acids is 4. The van der Waals surface area contributed by atoms with Crippen molar-refractivity contribution in [3.05, 3.63) is 41.0 Å². The van der Waals surface area contributed by atoms with Crippen LogP contribution in [-0.4, -0.2) is 87.1 Å². The van der Waals surface area contributed by atoms with Crippen molar-refractivity contribution < 1.29 is 29.0 Å². The molecule has 0 radical (unpaired) electrons. The van der Waals surface area contributed by atoms with Crippen LogP contribution in [0.5, 0.6) is 0 Å². The van der Waals surface area contributed by atoms with Crippen molar-refractivity contribution in [2.24, 2.45) is 11.3 Å². The molecule has 3 heterocycles. The van der Waals surface area contributed by atoms with E-state index in [1.165, 1.54) is 4.90 Å². The number of aryl methyl sites for hydroxylation is 1. The molecule has 2 aliphatic heterocycles. The lowest BCUT2D eigenvalue weighted by molar-refractivity contribution is -0.145. The van der Waals surface area contributed by atoms with Crippen molar-refractivity contribution in [3.63, 3.8) is 0 Å². The van der Waals surface area contributed by atoms with E-state index in [0.29, 0.717) is 25.9 Å². The van der Waals surface area contributed by atoms with Crippen LogP contribution in [0.25, 0.3) is 10.4 Å². The highest BCUT2D eigenvalue weighted by Crippen LogP contribution is 2.30. The molecule has 1 aromatic carbocycles. The van der Waals surface area contributed by atoms with Crippen LogP contribution in [0.4, 0.5) is 4.79 Å². The number of thiazole rings is 1. The number of hydrogen-bond donors (Lipinski definition) is 3. The first-order valence-corrected chi connectivity index (χ1v) is 16.9. The molecule has 2 aromatic rings. The first kappa shape index (κ1) is 35.3. The molecule has 12 heteroatoms. The number of aliphatic hydroxyl groups is 1. The third-order valence-corrected chi connectivity index (χ3v) is 9.54. The normalized spacial score (nSPS) is 20.6. The lowest BCUT2D eigenvalue weighted by Crippen LogP contribution is -2.59. The molecule has 11 nitrogen and oxygen atoms in total. The SMILES string of the molecule is Cc1ncsc1-c1ccc([C@H](C)NC(=O)[C@@H]2C[C@@H](O)CN2C(=O)[C@H](NC(=O)C2CCN(C(=O)OC(C)(C)C)CC2)C(C)(C)C)cc1. The van der Waals surface area contributed by atoms with Gasteiger partial charge in [0.05, 0.1) is 28.2 Å². The monoisotopic (exact) mass is 655 g/mol. The van der Waals surface area contributed by atoms with Crippen molar-refractivity contribution >= 4 is 35.2 Å². The summed E-state index contributed by atoms with van der Waals surface area (Å²) in [6.45, 7) is 15.7. The predicted molar refractivity (Wildman–Crippen MR) is 177 cm³/mol. The summed E-state index contributed by atoms with van der Waals surface area (Å²) in [6.07, 6.45) is -0.241. The molecule has 252 valence electrons. The van der Waals surface area contributed by atoms with Crippen molar-refractivity contribution in [3.8, 4) is 10.4 Å². The first-order valence-electron chi connectivity index (χ1n) is 16.0. The quantitative estimate of drug-likeness (QED) is 0.401. The van der Waals surface area contributed by atoms with Gasteiger partial charge < -0.3 is 30.3 Å². The highest BCUT2D eigenvalue weighted by molar-refractivity contribution is 7.13. The topological polar surface area (TPSA) is 141 Å². The van der Waals surface area contributed by atoms with E-state index in [9.17, 15) is 24.3 Å². The zero-order valence-electron chi connectivity index (χ0n) is 28.3. The van der Waals surface area contributed by atoms with Crippen molar-refractivity contribution in [1.29, 1.82) is 0 Å². The van der Waals surface area contributed by atoms with E-state index in [2.05, 4.69) is 15.6 Å². The Kier molecular flexibility index (Phi) is 10.8. The molecule has 2 fully saturated rings. The number of β-amino-alcohol motifs (C(OH)–C–C–N with tert-alkyl or cyclic N) is 1. The second-order valence-corrected chi connectivity index (χ2v) is 15.4. The largest absolute Gasteiger partial charge is 0.444 e. The second-order valence-electron chi connectivity index (χ2n) is 14.6. The maximum Gasteiger partial charge on any atom is 0.410 e. The van der Waals surface area contributed by atoms with Crippen molar-refractivity contribution in [1.82, 2.24) is 25.4 Å². The van der Waals surface area contributed by atoms with Gasteiger partial charge in [-0.05, 0) is 64.0 Å². The van der Waals surface area contributed by atoms with Crippen LogP contribution in [0.1, 0.15) is 85.0 Å². The van der Waals surface area contributed by atoms with E-state index in [1.807, 2.05) is 85.2 Å². The molecule has 2 saturated heterocycles. The Hall–Kier alpha value is -3.51. The molecule has 1 aromatic heterocycles. The van der Waals surface area contributed by atoms with Gasteiger partial charge in [0.1, 0.15) is 17.7 Å². The number of amides is 4. The fourth-order valence-corrected chi connectivity index (χ4v) is 6.74. The summed E-state index contributed by atoms with van der Waals surface area (Å²) in [5, 5.41) is 16.6. The van der Waals surface area contributed by atoms with Gasteiger partial charge in [-0.2, -0.15) is 0 Å². The molecule has 4 atom stereocenters. The number of ether oxygens (including phenoxy) is 1. The molecular weight excluding hydrogens is 606 g/mol. The van der Waals surface area contributed by atoms with Crippen LogP contribution in [0, 0.1) is 18.3 Å². The second kappa shape index (κ2) is 14.1. The van der Waals surface area contributed by atoms with Crippen LogP contribution in [0.3, 0.4) is 0 Å². The van der Waals surface area contributed by atoms with E-state index in [1.54, 1.807) is 16.2 Å². The van der Waals surface area contributed by atoms with Gasteiger partial charge in [-0.15, -0.1) is 11.3 Å². The molecule has 0 spiro atoms. The van der Waals surface area contributed by atoms with Gasteiger partial charge in [0, 0.05) is 32.0 Å². The zero-order valence-corrected chi connectivity index (χ0v) is 29.1. The Morgan fingerprint density at radius 2 is 1.63 bits per heavy atom. The van der Waals surface area contributed by atoms with Gasteiger partial charge in [-0.1, -0.05) is 45.0 Å². The number of carbonyl (C=O) groups is 4. The number of aromatic nitrogens is 1. The van der Waals surface area contributed by atoms with E-state index in [0.717, 1.165) is 21.7 Å². The van der Waals surface area contributed by atoms with E-state index < -0.39 is 41.2 Å². The van der Waals surface area contributed by atoms with Gasteiger partial charge in [0.2, 0.25) is 17.7 Å². The minimum Gasteiger partial charge on any atom is -0.444 e. The van der Waals surface area contributed by atoms with Gasteiger partial charge in [-0.25, -0.2) is 9.78 Å². The number of aliphatic hydroxyl groups excluding tert-OH is 1. The van der Waals surface area contributed by atoms with E-state index in [-0.39, 0.29) is 36.7 Å². The number of benzene rings is 1. The molecule has 4 rings (SSSR count). The Labute approximate surface area is 276 Å². The number of nitrogens with zero attached hydrogens (tertiary/aromatic N) is 3. The summed E-state index contributed by atoms with van der Waals surface area (Å²) >= 11 is 1.58. The third kappa shape index (κ3) is 8.64. The summed E-state index contributed by atoms with van der Waals surface area (Å²) < 4.78 is 5.46. The summed E-state index contributed by atoms with van der Waals surface area (Å²) in [6, 6.07) is 5.83. The molecule has 2 aliphatic rings. The molecule has 0 bridgehead atoms. The molecular formula is C34H49N5O6S.